The van der Waals surface area contributed by atoms with Crippen LogP contribution in [0.15, 0.2) is 24.3 Å². The summed E-state index contributed by atoms with van der Waals surface area (Å²) >= 11 is 0. The van der Waals surface area contributed by atoms with Gasteiger partial charge >= 0.3 is 5.97 Å². The van der Waals surface area contributed by atoms with Gasteiger partial charge in [-0.2, -0.15) is 0 Å². The lowest BCUT2D eigenvalue weighted by Gasteiger charge is -2.09. The van der Waals surface area contributed by atoms with Crippen LogP contribution in [0, 0.1) is 11.7 Å². The molecule has 0 bridgehead atoms. The third-order valence-electron chi connectivity index (χ3n) is 2.26. The number of ether oxygens (including phenoxy) is 2. The van der Waals surface area contributed by atoms with Crippen molar-refractivity contribution in [1.29, 1.82) is 0 Å². The van der Waals surface area contributed by atoms with Gasteiger partial charge in [-0.3, -0.25) is 0 Å². The van der Waals surface area contributed by atoms with E-state index in [1.54, 1.807) is 6.07 Å². The summed E-state index contributed by atoms with van der Waals surface area (Å²) in [4.78, 5) is 10.4. The zero-order valence-corrected chi connectivity index (χ0v) is 11.6. The highest BCUT2D eigenvalue weighted by Crippen LogP contribution is 2.17. The number of carboxylic acid groups (broad SMARTS) is 1. The van der Waals surface area contributed by atoms with Crippen LogP contribution in [0.1, 0.15) is 19.4 Å². The second-order valence-electron chi connectivity index (χ2n) is 4.71. The number of carboxylic acids is 1. The fourth-order valence-corrected chi connectivity index (χ4v) is 1.47. The molecule has 0 unspecified atom stereocenters. The molecule has 0 saturated heterocycles. The Morgan fingerprint density at radius 3 is 2.75 bits per heavy atom. The van der Waals surface area contributed by atoms with Gasteiger partial charge < -0.3 is 14.6 Å². The number of aliphatic carboxylic acids is 1. The number of rotatable bonds is 8. The molecule has 0 radical (unpaired) electrons. The van der Waals surface area contributed by atoms with Crippen molar-refractivity contribution in [2.75, 3.05) is 19.8 Å². The van der Waals surface area contributed by atoms with E-state index >= 15 is 0 Å². The molecule has 1 N–H and O–H groups in total. The van der Waals surface area contributed by atoms with E-state index in [1.807, 2.05) is 0 Å². The number of carbonyl (C=O) groups is 1. The highest BCUT2D eigenvalue weighted by Gasteiger charge is 2.01. The maximum atomic E-state index is 13.3. The third-order valence-corrected chi connectivity index (χ3v) is 2.26. The molecule has 20 heavy (non-hydrogen) atoms. The molecule has 5 heteroatoms. The van der Waals surface area contributed by atoms with Crippen molar-refractivity contribution in [2.45, 2.75) is 13.8 Å². The summed E-state index contributed by atoms with van der Waals surface area (Å²) in [5.41, 5.74) is 0.436. The van der Waals surface area contributed by atoms with Crippen molar-refractivity contribution in [3.8, 4) is 5.75 Å². The number of halogens is 1. The van der Waals surface area contributed by atoms with Crippen molar-refractivity contribution in [3.05, 3.63) is 35.7 Å². The molecule has 110 valence electrons. The van der Waals surface area contributed by atoms with Gasteiger partial charge in [0.05, 0.1) is 6.61 Å². The molecule has 0 spiro atoms. The Morgan fingerprint density at radius 2 is 2.10 bits per heavy atom. The van der Waals surface area contributed by atoms with Gasteiger partial charge in [0.25, 0.3) is 0 Å². The molecule has 0 amide bonds. The molecule has 0 saturated carbocycles. The van der Waals surface area contributed by atoms with Crippen molar-refractivity contribution in [3.63, 3.8) is 0 Å². The SMILES string of the molecule is CC(C)COCCOc1cc(F)cc(/C=C/C(=O)O)c1. The molecule has 1 rings (SSSR count). The summed E-state index contributed by atoms with van der Waals surface area (Å²) in [5.74, 6) is -0.755. The summed E-state index contributed by atoms with van der Waals surface area (Å²) in [7, 11) is 0. The highest BCUT2D eigenvalue weighted by atomic mass is 19.1. The Morgan fingerprint density at radius 1 is 1.35 bits per heavy atom. The molecular weight excluding hydrogens is 263 g/mol. The van der Waals surface area contributed by atoms with E-state index in [9.17, 15) is 9.18 Å². The van der Waals surface area contributed by atoms with Crippen molar-refractivity contribution in [2.24, 2.45) is 5.92 Å². The first kappa shape index (κ1) is 16.2. The lowest BCUT2D eigenvalue weighted by molar-refractivity contribution is -0.131. The predicted molar refractivity (Wildman–Crippen MR) is 74.2 cm³/mol. The lowest BCUT2D eigenvalue weighted by atomic mass is 10.2. The Bertz CT molecular complexity index is 469. The minimum absolute atomic E-state index is 0.318. The Balaban J connectivity index is 2.51. The molecule has 0 aliphatic carbocycles. The Kier molecular flexibility index (Phi) is 6.73. The van der Waals surface area contributed by atoms with Gasteiger partial charge in [0, 0.05) is 18.7 Å². The second kappa shape index (κ2) is 8.32. The van der Waals surface area contributed by atoms with Crippen LogP contribution < -0.4 is 4.74 Å². The monoisotopic (exact) mass is 282 g/mol. The fourth-order valence-electron chi connectivity index (χ4n) is 1.47. The van der Waals surface area contributed by atoms with E-state index in [1.165, 1.54) is 18.2 Å². The average molecular weight is 282 g/mol. The summed E-state index contributed by atoms with van der Waals surface area (Å²) < 4.78 is 24.1. The number of hydrogen-bond donors (Lipinski definition) is 1. The van der Waals surface area contributed by atoms with E-state index in [0.717, 1.165) is 6.08 Å². The van der Waals surface area contributed by atoms with Crippen LogP contribution >= 0.6 is 0 Å². The quantitative estimate of drug-likeness (QED) is 0.588. The predicted octanol–water partition coefficient (Wildman–Crippen LogP) is 2.97. The van der Waals surface area contributed by atoms with Crippen molar-refractivity contribution in [1.82, 2.24) is 0 Å². The molecule has 0 aliphatic heterocycles. The van der Waals surface area contributed by atoms with Gasteiger partial charge in [-0.05, 0) is 29.7 Å². The zero-order chi connectivity index (χ0) is 15.0. The van der Waals surface area contributed by atoms with Gasteiger partial charge in [-0.25, -0.2) is 9.18 Å². The van der Waals surface area contributed by atoms with Gasteiger partial charge in [0.2, 0.25) is 0 Å². The normalized spacial score (nSPS) is 11.2. The first-order valence-electron chi connectivity index (χ1n) is 6.39. The van der Waals surface area contributed by atoms with Crippen LogP contribution in [0.2, 0.25) is 0 Å². The minimum Gasteiger partial charge on any atom is -0.491 e. The Labute approximate surface area is 117 Å². The van der Waals surface area contributed by atoms with Gasteiger partial charge in [0.1, 0.15) is 18.2 Å². The van der Waals surface area contributed by atoms with Crippen LogP contribution in [0.3, 0.4) is 0 Å². The summed E-state index contributed by atoms with van der Waals surface area (Å²) in [5, 5.41) is 8.53. The molecule has 0 heterocycles. The first-order chi connectivity index (χ1) is 9.47. The molecule has 0 aromatic heterocycles. The molecule has 0 atom stereocenters. The summed E-state index contributed by atoms with van der Waals surface area (Å²) in [6.45, 7) is 5.50. The lowest BCUT2D eigenvalue weighted by Crippen LogP contribution is -2.10. The molecule has 0 aliphatic rings. The van der Waals surface area contributed by atoms with Gasteiger partial charge in [0.15, 0.2) is 0 Å². The summed E-state index contributed by atoms with van der Waals surface area (Å²) in [6, 6.07) is 4.06. The van der Waals surface area contributed by atoms with Crippen molar-refractivity contribution >= 4 is 12.0 Å². The molecule has 1 aromatic rings. The van der Waals surface area contributed by atoms with Gasteiger partial charge in [-0.15, -0.1) is 0 Å². The zero-order valence-electron chi connectivity index (χ0n) is 11.6. The van der Waals surface area contributed by atoms with Crippen LogP contribution in [0.25, 0.3) is 6.08 Å². The van der Waals surface area contributed by atoms with E-state index < -0.39 is 11.8 Å². The standard InChI is InChI=1S/C15H19FO4/c1-11(2)10-19-5-6-20-14-8-12(3-4-15(17)18)7-13(16)9-14/h3-4,7-9,11H,5-6,10H2,1-2H3,(H,17,18)/b4-3+. The van der Waals surface area contributed by atoms with E-state index in [4.69, 9.17) is 14.6 Å². The topological polar surface area (TPSA) is 55.8 Å². The van der Waals surface area contributed by atoms with E-state index in [-0.39, 0.29) is 0 Å². The van der Waals surface area contributed by atoms with Crippen LogP contribution in [-0.4, -0.2) is 30.9 Å². The van der Waals surface area contributed by atoms with Gasteiger partial charge in [-0.1, -0.05) is 13.8 Å². The third kappa shape index (κ3) is 6.89. The van der Waals surface area contributed by atoms with Crippen molar-refractivity contribution < 1.29 is 23.8 Å². The number of benzene rings is 1. The smallest absolute Gasteiger partial charge is 0.328 e. The van der Waals surface area contributed by atoms with E-state index in [0.29, 0.717) is 37.1 Å². The molecule has 0 fully saturated rings. The average Bonchev–Trinajstić information content (AvgIpc) is 2.35. The largest absolute Gasteiger partial charge is 0.491 e. The maximum Gasteiger partial charge on any atom is 0.328 e. The highest BCUT2D eigenvalue weighted by molar-refractivity contribution is 5.85. The van der Waals surface area contributed by atoms with E-state index in [2.05, 4.69) is 13.8 Å². The number of hydrogen-bond acceptors (Lipinski definition) is 3. The molecular formula is C15H19FO4. The maximum absolute atomic E-state index is 13.3. The Hall–Kier alpha value is -1.88. The molecule has 4 nitrogen and oxygen atoms in total. The fraction of sp³-hybridized carbons (Fsp3) is 0.400. The van der Waals surface area contributed by atoms with Crippen LogP contribution in [0.4, 0.5) is 4.39 Å². The summed E-state index contributed by atoms with van der Waals surface area (Å²) in [6.07, 6.45) is 2.26. The second-order valence-corrected chi connectivity index (χ2v) is 4.71. The minimum atomic E-state index is -1.08. The first-order valence-corrected chi connectivity index (χ1v) is 6.39. The van der Waals surface area contributed by atoms with Crippen LogP contribution in [0.5, 0.6) is 5.75 Å². The molecule has 1 aromatic carbocycles. The van der Waals surface area contributed by atoms with Crippen LogP contribution in [-0.2, 0) is 9.53 Å².